The molecule has 2 aliphatic heterocycles. The van der Waals surface area contributed by atoms with E-state index in [0.29, 0.717) is 27.6 Å². The molecule has 8 heteroatoms. The van der Waals surface area contributed by atoms with Crippen molar-refractivity contribution in [3.8, 4) is 5.75 Å². The highest BCUT2D eigenvalue weighted by Crippen LogP contribution is 2.45. The minimum absolute atomic E-state index is 0.313. The van der Waals surface area contributed by atoms with E-state index in [-0.39, 0.29) is 5.91 Å². The Morgan fingerprint density at radius 3 is 1.97 bits per heavy atom. The number of methoxy groups -OCH3 is 1. The van der Waals surface area contributed by atoms with Gasteiger partial charge in [0.25, 0.3) is 17.7 Å². The van der Waals surface area contributed by atoms with Crippen molar-refractivity contribution in [3.05, 3.63) is 88.4 Å². The van der Waals surface area contributed by atoms with Gasteiger partial charge in [0.1, 0.15) is 11.8 Å². The molecule has 0 unspecified atom stereocenters. The van der Waals surface area contributed by atoms with Crippen LogP contribution in [0.2, 0.25) is 5.02 Å². The van der Waals surface area contributed by atoms with Gasteiger partial charge in [-0.2, -0.15) is 0 Å². The van der Waals surface area contributed by atoms with Crippen LogP contribution in [-0.4, -0.2) is 49.9 Å². The Bertz CT molecular complexity index is 1290. The van der Waals surface area contributed by atoms with Gasteiger partial charge in [0.2, 0.25) is 0 Å². The van der Waals surface area contributed by atoms with Gasteiger partial charge in [0.05, 0.1) is 29.3 Å². The van der Waals surface area contributed by atoms with Gasteiger partial charge in [-0.3, -0.25) is 19.3 Å². The van der Waals surface area contributed by atoms with Crippen molar-refractivity contribution in [2.45, 2.75) is 12.1 Å². The predicted octanol–water partition coefficient (Wildman–Crippen LogP) is 4.17. The van der Waals surface area contributed by atoms with Crippen molar-refractivity contribution in [1.29, 1.82) is 0 Å². The topological polar surface area (TPSA) is 70.2 Å². The van der Waals surface area contributed by atoms with Crippen LogP contribution in [0.5, 0.6) is 5.75 Å². The van der Waals surface area contributed by atoms with E-state index in [0.717, 1.165) is 16.2 Å². The van der Waals surface area contributed by atoms with Crippen molar-refractivity contribution in [3.63, 3.8) is 0 Å². The summed E-state index contributed by atoms with van der Waals surface area (Å²) in [4.78, 5) is 44.5. The first-order chi connectivity index (χ1) is 16.3. The lowest BCUT2D eigenvalue weighted by Gasteiger charge is -2.49. The standard InChI is InChI=1S/C26H22ClN3O4/c1-28(2)16-10-8-15(9-11-16)22-23(30-24(31)18-6-4-5-7-19(18)25(30)32)26(33)29(22)17-12-13-21(34-3)20(27)14-17/h4-14,22-23H,1-3H3/t22-,23-/m0/s1. The summed E-state index contributed by atoms with van der Waals surface area (Å²) >= 11 is 6.34. The van der Waals surface area contributed by atoms with E-state index in [1.807, 2.05) is 43.3 Å². The number of ether oxygens (including phenoxy) is 1. The minimum atomic E-state index is -0.960. The zero-order valence-corrected chi connectivity index (χ0v) is 19.6. The molecule has 3 aromatic rings. The highest BCUT2D eigenvalue weighted by molar-refractivity contribution is 6.32. The molecule has 1 saturated heterocycles. The smallest absolute Gasteiger partial charge is 0.262 e. The van der Waals surface area contributed by atoms with Gasteiger partial charge in [-0.05, 0) is 48.0 Å². The fourth-order valence-corrected chi connectivity index (χ4v) is 4.83. The van der Waals surface area contributed by atoms with Crippen LogP contribution >= 0.6 is 11.6 Å². The Kier molecular flexibility index (Phi) is 5.29. The quantitative estimate of drug-likeness (QED) is 0.409. The van der Waals surface area contributed by atoms with E-state index in [1.54, 1.807) is 47.4 Å². The summed E-state index contributed by atoms with van der Waals surface area (Å²) in [6.45, 7) is 0. The number of benzene rings is 3. The molecule has 2 heterocycles. The lowest BCUT2D eigenvalue weighted by atomic mass is 9.86. The van der Waals surface area contributed by atoms with Crippen molar-refractivity contribution < 1.29 is 19.1 Å². The zero-order chi connectivity index (χ0) is 24.1. The first-order valence-electron chi connectivity index (χ1n) is 10.7. The maximum Gasteiger partial charge on any atom is 0.262 e. The van der Waals surface area contributed by atoms with Crippen molar-refractivity contribution >= 4 is 40.7 Å². The monoisotopic (exact) mass is 475 g/mol. The zero-order valence-electron chi connectivity index (χ0n) is 18.9. The Hall–Kier alpha value is -3.84. The van der Waals surface area contributed by atoms with Gasteiger partial charge in [-0.25, -0.2) is 0 Å². The third-order valence-corrected chi connectivity index (χ3v) is 6.63. The molecule has 5 rings (SSSR count). The molecule has 0 bridgehead atoms. The van der Waals surface area contributed by atoms with E-state index in [4.69, 9.17) is 16.3 Å². The van der Waals surface area contributed by atoms with E-state index in [2.05, 4.69) is 0 Å². The number of nitrogens with zero attached hydrogens (tertiary/aromatic N) is 3. The molecule has 34 heavy (non-hydrogen) atoms. The summed E-state index contributed by atoms with van der Waals surface area (Å²) in [5.74, 6) is -0.776. The fraction of sp³-hybridized carbons (Fsp3) is 0.192. The van der Waals surface area contributed by atoms with Crippen molar-refractivity contribution in [2.24, 2.45) is 0 Å². The normalized spacial score (nSPS) is 19.2. The van der Waals surface area contributed by atoms with E-state index in [1.165, 1.54) is 7.11 Å². The lowest BCUT2D eigenvalue weighted by Crippen LogP contribution is -2.67. The summed E-state index contributed by atoms with van der Waals surface area (Å²) in [6, 6.07) is 17.9. The number of imide groups is 1. The Morgan fingerprint density at radius 2 is 1.44 bits per heavy atom. The van der Waals surface area contributed by atoms with Crippen molar-refractivity contribution in [1.82, 2.24) is 4.90 Å². The average Bonchev–Trinajstić information content (AvgIpc) is 3.08. The number of anilines is 2. The summed E-state index contributed by atoms with van der Waals surface area (Å²) in [6.07, 6.45) is 0. The van der Waals surface area contributed by atoms with Gasteiger partial charge >= 0.3 is 0 Å². The highest BCUT2D eigenvalue weighted by Gasteiger charge is 2.57. The first-order valence-corrected chi connectivity index (χ1v) is 11.1. The van der Waals surface area contributed by atoms with Gasteiger partial charge in [0, 0.05) is 25.5 Å². The summed E-state index contributed by atoms with van der Waals surface area (Å²) in [5.41, 5.74) is 2.98. The Morgan fingerprint density at radius 1 is 0.824 bits per heavy atom. The molecule has 0 saturated carbocycles. The third kappa shape index (κ3) is 3.23. The second-order valence-corrected chi connectivity index (χ2v) is 8.84. The van der Waals surface area contributed by atoms with Crippen LogP contribution in [0.25, 0.3) is 0 Å². The number of carbonyl (C=O) groups excluding carboxylic acids is 3. The maximum absolute atomic E-state index is 13.5. The second-order valence-electron chi connectivity index (χ2n) is 8.43. The number of hydrogen-bond donors (Lipinski definition) is 0. The number of halogens is 1. The molecule has 0 spiro atoms. The van der Waals surface area contributed by atoms with Crippen LogP contribution in [0.15, 0.2) is 66.7 Å². The van der Waals surface area contributed by atoms with E-state index >= 15 is 0 Å². The summed E-state index contributed by atoms with van der Waals surface area (Å²) in [7, 11) is 5.40. The number of amides is 3. The molecule has 3 aromatic carbocycles. The number of rotatable bonds is 5. The molecule has 3 amide bonds. The largest absolute Gasteiger partial charge is 0.495 e. The third-order valence-electron chi connectivity index (χ3n) is 6.34. The Balaban J connectivity index is 1.58. The van der Waals surface area contributed by atoms with Crippen LogP contribution in [0.3, 0.4) is 0 Å². The highest BCUT2D eigenvalue weighted by atomic mass is 35.5. The molecule has 0 aromatic heterocycles. The lowest BCUT2D eigenvalue weighted by molar-refractivity contribution is -0.130. The molecule has 1 fully saturated rings. The number of fused-ring (bicyclic) bond motifs is 1. The molecule has 7 nitrogen and oxygen atoms in total. The van der Waals surface area contributed by atoms with Crippen LogP contribution in [-0.2, 0) is 4.79 Å². The van der Waals surface area contributed by atoms with Gasteiger partial charge in [-0.1, -0.05) is 35.9 Å². The van der Waals surface area contributed by atoms with Crippen LogP contribution in [0.4, 0.5) is 11.4 Å². The van der Waals surface area contributed by atoms with E-state index in [9.17, 15) is 14.4 Å². The van der Waals surface area contributed by atoms with Crippen LogP contribution in [0, 0.1) is 0 Å². The minimum Gasteiger partial charge on any atom is -0.495 e. The number of β-lactam (4-membered cyclic amide) rings is 1. The molecule has 0 N–H and O–H groups in total. The molecule has 0 aliphatic carbocycles. The number of hydrogen-bond acceptors (Lipinski definition) is 5. The second kappa shape index (κ2) is 8.18. The first kappa shape index (κ1) is 22.0. The molecule has 0 radical (unpaired) electrons. The Labute approximate surface area is 202 Å². The van der Waals surface area contributed by atoms with Crippen LogP contribution < -0.4 is 14.5 Å². The SMILES string of the molecule is COc1ccc(N2C(=O)[C@@H](N3C(=O)c4ccccc4C3=O)[C@@H]2c2ccc(N(C)C)cc2)cc1Cl. The van der Waals surface area contributed by atoms with Crippen molar-refractivity contribution in [2.75, 3.05) is 31.0 Å². The van der Waals surface area contributed by atoms with E-state index < -0.39 is 23.9 Å². The molecule has 172 valence electrons. The number of carbonyl (C=O) groups is 3. The maximum atomic E-state index is 13.5. The van der Waals surface area contributed by atoms with Gasteiger partial charge < -0.3 is 14.5 Å². The molecular formula is C26H22ClN3O4. The average molecular weight is 476 g/mol. The molecular weight excluding hydrogens is 454 g/mol. The molecule has 2 atom stereocenters. The van der Waals surface area contributed by atoms with Gasteiger partial charge in [-0.15, -0.1) is 0 Å². The fourth-order valence-electron chi connectivity index (χ4n) is 4.58. The van der Waals surface area contributed by atoms with Gasteiger partial charge in [0.15, 0.2) is 0 Å². The predicted molar refractivity (Wildman–Crippen MR) is 130 cm³/mol. The summed E-state index contributed by atoms with van der Waals surface area (Å²) in [5, 5.41) is 0.360. The summed E-state index contributed by atoms with van der Waals surface area (Å²) < 4.78 is 5.23. The molecule has 2 aliphatic rings. The van der Waals surface area contributed by atoms with Crippen LogP contribution in [0.1, 0.15) is 32.3 Å².